The van der Waals surface area contributed by atoms with E-state index in [1.54, 1.807) is 0 Å². The quantitative estimate of drug-likeness (QED) is 0.555. The fourth-order valence-corrected chi connectivity index (χ4v) is 3.11. The minimum absolute atomic E-state index is 0.141. The molecule has 1 fully saturated rings. The molecule has 0 spiro atoms. The van der Waals surface area contributed by atoms with Crippen LogP contribution in [0.4, 0.5) is 23.7 Å². The van der Waals surface area contributed by atoms with Gasteiger partial charge in [-0.3, -0.25) is 14.9 Å². The molecule has 0 saturated carbocycles. The highest BCUT2D eigenvalue weighted by molar-refractivity contribution is 6.39. The third-order valence-corrected chi connectivity index (χ3v) is 4.57. The average Bonchev–Trinajstić information content (AvgIpc) is 2.75. The lowest BCUT2D eigenvalue weighted by Gasteiger charge is -2.27. The molecule has 2 aromatic carbocycles. The fraction of sp³-hybridized carbons (Fsp3) is 0.190. The smallest absolute Gasteiger partial charge is 0.416 e. The topological polar surface area (TPSA) is 94.2 Å². The fourth-order valence-electron chi connectivity index (χ4n) is 3.11. The highest BCUT2D eigenvalue weighted by Crippen LogP contribution is 2.41. The molecule has 0 bridgehead atoms. The molecule has 4 amide bonds. The number of rotatable bonds is 5. The largest absolute Gasteiger partial charge is 0.493 e. The van der Waals surface area contributed by atoms with E-state index < -0.39 is 35.2 Å². The Morgan fingerprint density at radius 2 is 1.62 bits per heavy atom. The molecule has 3 rings (SSSR count). The first kappa shape index (κ1) is 22.7. The van der Waals surface area contributed by atoms with E-state index in [0.29, 0.717) is 16.7 Å². The number of hydrogen-bond donors (Lipinski definition) is 1. The summed E-state index contributed by atoms with van der Waals surface area (Å²) in [5.41, 5.74) is -1.66. The van der Waals surface area contributed by atoms with E-state index in [4.69, 9.17) is 14.2 Å². The van der Waals surface area contributed by atoms with Crippen LogP contribution in [0.25, 0.3) is 6.08 Å². The molecule has 1 aliphatic heterocycles. The van der Waals surface area contributed by atoms with E-state index in [9.17, 15) is 27.6 Å². The summed E-state index contributed by atoms with van der Waals surface area (Å²) in [5, 5.41) is 1.96. The molecule has 1 aliphatic rings. The van der Waals surface area contributed by atoms with Crippen LogP contribution in [0.1, 0.15) is 11.1 Å². The van der Waals surface area contributed by atoms with Crippen LogP contribution >= 0.6 is 0 Å². The van der Waals surface area contributed by atoms with E-state index in [2.05, 4.69) is 0 Å². The second-order valence-corrected chi connectivity index (χ2v) is 6.43. The molecule has 32 heavy (non-hydrogen) atoms. The minimum atomic E-state index is -4.69. The van der Waals surface area contributed by atoms with Crippen molar-refractivity contribution < 1.29 is 41.8 Å². The van der Waals surface area contributed by atoms with Gasteiger partial charge in [0.1, 0.15) is 5.57 Å². The van der Waals surface area contributed by atoms with Crippen LogP contribution in [0, 0.1) is 0 Å². The summed E-state index contributed by atoms with van der Waals surface area (Å²) >= 11 is 0. The van der Waals surface area contributed by atoms with Crippen LogP contribution < -0.4 is 24.4 Å². The predicted octanol–water partition coefficient (Wildman–Crippen LogP) is 3.40. The average molecular weight is 450 g/mol. The number of urea groups is 1. The van der Waals surface area contributed by atoms with Crippen molar-refractivity contribution in [2.45, 2.75) is 6.18 Å². The van der Waals surface area contributed by atoms with Crippen LogP contribution in [0.15, 0.2) is 42.0 Å². The van der Waals surface area contributed by atoms with Crippen molar-refractivity contribution >= 4 is 29.6 Å². The third kappa shape index (κ3) is 4.09. The Balaban J connectivity index is 2.10. The molecule has 0 unspecified atom stereocenters. The summed E-state index contributed by atoms with van der Waals surface area (Å²) in [6.45, 7) is 0. The second kappa shape index (κ2) is 8.61. The first-order valence-electron chi connectivity index (χ1n) is 9.00. The number of carbonyl (C=O) groups excluding carboxylic acids is 3. The van der Waals surface area contributed by atoms with Crippen molar-refractivity contribution in [3.8, 4) is 17.2 Å². The lowest BCUT2D eigenvalue weighted by molar-refractivity contribution is -0.137. The molecule has 1 heterocycles. The van der Waals surface area contributed by atoms with E-state index >= 15 is 0 Å². The standard InChI is InChI=1S/C21H17F3N2O6/c1-30-15-8-7-11(16(31-2)17(15)32-3)9-14-18(27)25-20(29)26(19(14)28)13-6-4-5-12(10-13)21(22,23)24/h4-10H,1-3H3,(H,25,27,29). The lowest BCUT2D eigenvalue weighted by atomic mass is 10.0. The van der Waals surface area contributed by atoms with E-state index in [-0.39, 0.29) is 22.7 Å². The Hall–Kier alpha value is -4.02. The van der Waals surface area contributed by atoms with Gasteiger partial charge in [0.05, 0.1) is 32.6 Å². The van der Waals surface area contributed by atoms with Crippen LogP contribution in [-0.4, -0.2) is 39.2 Å². The molecule has 2 aromatic rings. The monoisotopic (exact) mass is 450 g/mol. The summed E-state index contributed by atoms with van der Waals surface area (Å²) in [5.74, 6) is -1.46. The lowest BCUT2D eigenvalue weighted by Crippen LogP contribution is -2.54. The molecular formula is C21H17F3N2O6. The van der Waals surface area contributed by atoms with Crippen LogP contribution in [0.2, 0.25) is 0 Å². The molecule has 0 atom stereocenters. The number of carbonyl (C=O) groups is 3. The van der Waals surface area contributed by atoms with Crippen molar-refractivity contribution in [2.75, 3.05) is 26.2 Å². The van der Waals surface area contributed by atoms with Gasteiger partial charge in [-0.2, -0.15) is 13.2 Å². The van der Waals surface area contributed by atoms with Crippen molar-refractivity contribution in [3.63, 3.8) is 0 Å². The predicted molar refractivity (Wildman–Crippen MR) is 107 cm³/mol. The van der Waals surface area contributed by atoms with E-state index in [1.165, 1.54) is 33.5 Å². The number of anilines is 1. The highest BCUT2D eigenvalue weighted by atomic mass is 19.4. The van der Waals surface area contributed by atoms with Crippen LogP contribution in [0.3, 0.4) is 0 Å². The molecule has 1 N–H and O–H groups in total. The van der Waals surface area contributed by atoms with Crippen molar-refractivity contribution in [1.82, 2.24) is 5.32 Å². The number of amides is 4. The van der Waals surface area contributed by atoms with Crippen LogP contribution in [-0.2, 0) is 15.8 Å². The molecule has 0 radical (unpaired) electrons. The van der Waals surface area contributed by atoms with Gasteiger partial charge >= 0.3 is 12.2 Å². The molecule has 11 heteroatoms. The number of halogens is 3. The Morgan fingerprint density at radius 1 is 0.938 bits per heavy atom. The molecule has 8 nitrogen and oxygen atoms in total. The van der Waals surface area contributed by atoms with Crippen molar-refractivity contribution in [3.05, 3.63) is 53.1 Å². The Morgan fingerprint density at radius 3 is 2.22 bits per heavy atom. The number of methoxy groups -OCH3 is 3. The van der Waals surface area contributed by atoms with Gasteiger partial charge in [0.15, 0.2) is 11.5 Å². The SMILES string of the molecule is COc1ccc(C=C2C(=O)NC(=O)N(c3cccc(C(F)(F)F)c3)C2=O)c(OC)c1OC. The number of benzene rings is 2. The van der Waals surface area contributed by atoms with Gasteiger partial charge in [0.25, 0.3) is 11.8 Å². The molecule has 0 aliphatic carbocycles. The number of nitrogens with one attached hydrogen (secondary N) is 1. The maximum absolute atomic E-state index is 13.1. The zero-order valence-corrected chi connectivity index (χ0v) is 17.1. The molecule has 0 aromatic heterocycles. The van der Waals surface area contributed by atoms with E-state index in [1.807, 2.05) is 5.32 Å². The first-order chi connectivity index (χ1) is 15.1. The summed E-state index contributed by atoms with van der Waals surface area (Å²) in [6, 6.07) is 5.46. The highest BCUT2D eigenvalue weighted by Gasteiger charge is 2.38. The number of alkyl halides is 3. The number of ether oxygens (including phenoxy) is 3. The van der Waals surface area contributed by atoms with Gasteiger partial charge in [-0.05, 0) is 36.4 Å². The number of barbiturate groups is 1. The van der Waals surface area contributed by atoms with Gasteiger partial charge in [-0.25, -0.2) is 9.69 Å². The normalized spacial score (nSPS) is 15.6. The zero-order chi connectivity index (χ0) is 23.6. The van der Waals surface area contributed by atoms with Crippen LogP contribution in [0.5, 0.6) is 17.2 Å². The number of hydrogen-bond acceptors (Lipinski definition) is 6. The zero-order valence-electron chi connectivity index (χ0n) is 17.1. The van der Waals surface area contributed by atoms with Gasteiger partial charge in [-0.1, -0.05) is 6.07 Å². The Kier molecular flexibility index (Phi) is 6.10. The van der Waals surface area contributed by atoms with Gasteiger partial charge in [0.2, 0.25) is 5.75 Å². The number of imide groups is 2. The maximum Gasteiger partial charge on any atom is 0.416 e. The summed E-state index contributed by atoms with van der Waals surface area (Å²) in [7, 11) is 4.11. The van der Waals surface area contributed by atoms with Gasteiger partial charge in [0, 0.05) is 5.56 Å². The maximum atomic E-state index is 13.1. The Bertz CT molecular complexity index is 1130. The molecule has 1 saturated heterocycles. The second-order valence-electron chi connectivity index (χ2n) is 6.43. The Labute approximate surface area is 180 Å². The first-order valence-corrected chi connectivity index (χ1v) is 9.00. The van der Waals surface area contributed by atoms with Gasteiger partial charge < -0.3 is 14.2 Å². The third-order valence-electron chi connectivity index (χ3n) is 4.57. The molecular weight excluding hydrogens is 433 g/mol. The van der Waals surface area contributed by atoms with Crippen molar-refractivity contribution in [1.29, 1.82) is 0 Å². The minimum Gasteiger partial charge on any atom is -0.493 e. The van der Waals surface area contributed by atoms with E-state index in [0.717, 1.165) is 24.3 Å². The summed E-state index contributed by atoms with van der Waals surface area (Å²) in [4.78, 5) is 38.1. The van der Waals surface area contributed by atoms with Crippen molar-refractivity contribution in [2.24, 2.45) is 0 Å². The molecule has 168 valence electrons. The van der Waals surface area contributed by atoms with Gasteiger partial charge in [-0.15, -0.1) is 0 Å². The summed E-state index contributed by atoms with van der Waals surface area (Å²) in [6.07, 6.45) is -3.54. The summed E-state index contributed by atoms with van der Waals surface area (Å²) < 4.78 is 54.9. The number of nitrogens with zero attached hydrogens (tertiary/aromatic N) is 1.